The maximum Gasteiger partial charge on any atom is 0.142 e. The molecule has 0 radical (unpaired) electrons. The van der Waals surface area contributed by atoms with Crippen LogP contribution in [0, 0.1) is 6.92 Å². The number of aromatic nitrogens is 2. The average molecular weight is 200 g/mol. The van der Waals surface area contributed by atoms with Crippen molar-refractivity contribution in [2.24, 2.45) is 0 Å². The van der Waals surface area contributed by atoms with Gasteiger partial charge in [0.05, 0.1) is 12.4 Å². The molecule has 3 nitrogen and oxygen atoms in total. The first-order chi connectivity index (χ1) is 6.13. The number of halogens is 1. The fourth-order valence-corrected chi connectivity index (χ4v) is 1.29. The Morgan fingerprint density at radius 3 is 2.62 bits per heavy atom. The quantitative estimate of drug-likeness (QED) is 0.693. The highest BCUT2D eigenvalue weighted by Crippen LogP contribution is 2.07. The van der Waals surface area contributed by atoms with Crippen molar-refractivity contribution in [3.05, 3.63) is 23.3 Å². The van der Waals surface area contributed by atoms with Gasteiger partial charge >= 0.3 is 0 Å². The van der Waals surface area contributed by atoms with E-state index in [0.29, 0.717) is 5.88 Å². The molecule has 0 fully saturated rings. The maximum absolute atomic E-state index is 5.70. The van der Waals surface area contributed by atoms with Crippen molar-refractivity contribution < 1.29 is 0 Å². The van der Waals surface area contributed by atoms with E-state index >= 15 is 0 Å². The molecule has 0 aliphatic heterocycles. The molecular formula is C9H14ClN3. The van der Waals surface area contributed by atoms with Gasteiger partial charge in [-0.25, -0.2) is 9.97 Å². The van der Waals surface area contributed by atoms with Crippen LogP contribution in [0.1, 0.15) is 17.1 Å². The van der Waals surface area contributed by atoms with Gasteiger partial charge in [0.2, 0.25) is 0 Å². The summed E-state index contributed by atoms with van der Waals surface area (Å²) in [6, 6.07) is 0. The highest BCUT2D eigenvalue weighted by atomic mass is 35.5. The zero-order valence-electron chi connectivity index (χ0n) is 8.21. The van der Waals surface area contributed by atoms with Crippen LogP contribution in [-0.2, 0) is 12.4 Å². The van der Waals surface area contributed by atoms with E-state index in [9.17, 15) is 0 Å². The van der Waals surface area contributed by atoms with Crippen LogP contribution >= 0.6 is 11.6 Å². The zero-order valence-corrected chi connectivity index (χ0v) is 8.97. The molecule has 0 aromatic carbocycles. The van der Waals surface area contributed by atoms with Crippen molar-refractivity contribution in [2.75, 3.05) is 14.1 Å². The van der Waals surface area contributed by atoms with Crippen LogP contribution in [0.2, 0.25) is 0 Å². The van der Waals surface area contributed by atoms with Gasteiger partial charge < -0.3 is 4.90 Å². The Bertz CT molecular complexity index is 286. The van der Waals surface area contributed by atoms with Crippen LogP contribution in [-0.4, -0.2) is 29.0 Å². The normalized spacial score (nSPS) is 10.8. The van der Waals surface area contributed by atoms with E-state index < -0.39 is 0 Å². The predicted molar refractivity (Wildman–Crippen MR) is 53.7 cm³/mol. The minimum absolute atomic E-state index is 0.480. The first-order valence-electron chi connectivity index (χ1n) is 4.15. The standard InChI is InChI=1S/C9H14ClN3/c1-7-8(4-10)5-11-9(12-7)6-13(2)3/h5H,4,6H2,1-3H3. The lowest BCUT2D eigenvalue weighted by Gasteiger charge is -2.09. The molecule has 0 spiro atoms. The van der Waals surface area contributed by atoms with Crippen LogP contribution in [0.15, 0.2) is 6.20 Å². The van der Waals surface area contributed by atoms with Crippen molar-refractivity contribution in [1.29, 1.82) is 0 Å². The van der Waals surface area contributed by atoms with E-state index in [-0.39, 0.29) is 0 Å². The Balaban J connectivity index is 2.83. The predicted octanol–water partition coefficient (Wildman–Crippen LogP) is 1.59. The summed E-state index contributed by atoms with van der Waals surface area (Å²) in [6.07, 6.45) is 1.80. The molecule has 72 valence electrons. The van der Waals surface area contributed by atoms with Crippen LogP contribution in [0.4, 0.5) is 0 Å². The molecule has 0 atom stereocenters. The molecule has 0 N–H and O–H groups in total. The molecule has 0 unspecified atom stereocenters. The van der Waals surface area contributed by atoms with Crippen LogP contribution in [0.3, 0.4) is 0 Å². The molecule has 1 aromatic heterocycles. The number of hydrogen-bond donors (Lipinski definition) is 0. The van der Waals surface area contributed by atoms with Gasteiger partial charge in [0.1, 0.15) is 5.82 Å². The van der Waals surface area contributed by atoms with Gasteiger partial charge in [-0.3, -0.25) is 0 Å². The lowest BCUT2D eigenvalue weighted by Crippen LogP contribution is -2.14. The molecule has 1 rings (SSSR count). The third-order valence-electron chi connectivity index (χ3n) is 1.73. The number of hydrogen-bond acceptors (Lipinski definition) is 3. The Hall–Kier alpha value is -0.670. The Labute approximate surface area is 83.8 Å². The van der Waals surface area contributed by atoms with Crippen molar-refractivity contribution >= 4 is 11.6 Å². The highest BCUT2D eigenvalue weighted by Gasteiger charge is 2.02. The molecular weight excluding hydrogens is 186 g/mol. The van der Waals surface area contributed by atoms with Crippen molar-refractivity contribution in [2.45, 2.75) is 19.3 Å². The Kier molecular flexibility index (Phi) is 3.63. The van der Waals surface area contributed by atoms with Crippen LogP contribution < -0.4 is 0 Å². The number of nitrogens with zero attached hydrogens (tertiary/aromatic N) is 3. The smallest absolute Gasteiger partial charge is 0.142 e. The third-order valence-corrected chi connectivity index (χ3v) is 2.02. The van der Waals surface area contributed by atoms with Crippen molar-refractivity contribution in [3.63, 3.8) is 0 Å². The number of rotatable bonds is 3. The molecule has 0 saturated heterocycles. The van der Waals surface area contributed by atoms with E-state index in [1.807, 2.05) is 25.9 Å². The Morgan fingerprint density at radius 1 is 1.46 bits per heavy atom. The zero-order chi connectivity index (χ0) is 9.84. The van der Waals surface area contributed by atoms with E-state index in [1.54, 1.807) is 6.20 Å². The summed E-state index contributed by atoms with van der Waals surface area (Å²) >= 11 is 5.70. The topological polar surface area (TPSA) is 29.0 Å². The molecule has 4 heteroatoms. The first-order valence-corrected chi connectivity index (χ1v) is 4.69. The van der Waals surface area contributed by atoms with E-state index in [4.69, 9.17) is 11.6 Å². The third kappa shape index (κ3) is 2.94. The molecule has 0 bridgehead atoms. The van der Waals surface area contributed by atoms with Crippen molar-refractivity contribution in [3.8, 4) is 0 Å². The van der Waals surface area contributed by atoms with Crippen LogP contribution in [0.25, 0.3) is 0 Å². The minimum atomic E-state index is 0.480. The molecule has 0 saturated carbocycles. The summed E-state index contributed by atoms with van der Waals surface area (Å²) in [4.78, 5) is 10.6. The van der Waals surface area contributed by atoms with Crippen molar-refractivity contribution in [1.82, 2.24) is 14.9 Å². The van der Waals surface area contributed by atoms with E-state index in [0.717, 1.165) is 23.6 Å². The SMILES string of the molecule is Cc1nc(CN(C)C)ncc1CCl. The second kappa shape index (κ2) is 4.53. The molecule has 13 heavy (non-hydrogen) atoms. The number of aryl methyl sites for hydroxylation is 1. The average Bonchev–Trinajstić information content (AvgIpc) is 2.03. The first kappa shape index (κ1) is 10.4. The summed E-state index contributed by atoms with van der Waals surface area (Å²) in [7, 11) is 3.99. The molecule has 0 aliphatic carbocycles. The highest BCUT2D eigenvalue weighted by molar-refractivity contribution is 6.17. The lowest BCUT2D eigenvalue weighted by atomic mass is 10.3. The van der Waals surface area contributed by atoms with Gasteiger partial charge in [-0.1, -0.05) is 0 Å². The van der Waals surface area contributed by atoms with Gasteiger partial charge in [0.25, 0.3) is 0 Å². The fraction of sp³-hybridized carbons (Fsp3) is 0.556. The van der Waals surface area contributed by atoms with E-state index in [1.165, 1.54) is 0 Å². The fourth-order valence-electron chi connectivity index (χ4n) is 1.03. The van der Waals surface area contributed by atoms with Gasteiger partial charge in [-0.15, -0.1) is 11.6 Å². The molecule has 0 amide bonds. The van der Waals surface area contributed by atoms with Gasteiger partial charge in [0.15, 0.2) is 0 Å². The van der Waals surface area contributed by atoms with Gasteiger partial charge in [-0.2, -0.15) is 0 Å². The van der Waals surface area contributed by atoms with Crippen LogP contribution in [0.5, 0.6) is 0 Å². The summed E-state index contributed by atoms with van der Waals surface area (Å²) in [5, 5.41) is 0. The van der Waals surface area contributed by atoms with Gasteiger partial charge in [-0.05, 0) is 21.0 Å². The molecule has 1 aromatic rings. The summed E-state index contributed by atoms with van der Waals surface area (Å²) in [6.45, 7) is 2.72. The maximum atomic E-state index is 5.70. The molecule has 0 aliphatic rings. The Morgan fingerprint density at radius 2 is 2.15 bits per heavy atom. The second-order valence-corrected chi connectivity index (χ2v) is 3.54. The minimum Gasteiger partial charge on any atom is -0.302 e. The largest absolute Gasteiger partial charge is 0.302 e. The summed E-state index contributed by atoms with van der Waals surface area (Å²) in [5.74, 6) is 1.32. The molecule has 1 heterocycles. The monoisotopic (exact) mass is 199 g/mol. The van der Waals surface area contributed by atoms with E-state index in [2.05, 4.69) is 9.97 Å². The summed E-state index contributed by atoms with van der Waals surface area (Å²) in [5.41, 5.74) is 1.98. The summed E-state index contributed by atoms with van der Waals surface area (Å²) < 4.78 is 0. The lowest BCUT2D eigenvalue weighted by molar-refractivity contribution is 0.389. The number of alkyl halides is 1. The second-order valence-electron chi connectivity index (χ2n) is 3.27. The van der Waals surface area contributed by atoms with Gasteiger partial charge in [0, 0.05) is 17.5 Å².